The topological polar surface area (TPSA) is 75.3 Å². The lowest BCUT2D eigenvalue weighted by Crippen LogP contribution is -2.27. The first kappa shape index (κ1) is 23.5. The van der Waals surface area contributed by atoms with E-state index in [0.717, 1.165) is 22.3 Å². The van der Waals surface area contributed by atoms with E-state index in [2.05, 4.69) is 29.1 Å². The summed E-state index contributed by atoms with van der Waals surface area (Å²) in [5.41, 5.74) is 6.83. The summed E-state index contributed by atoms with van der Waals surface area (Å²) in [4.78, 5) is 13.0. The largest absolute Gasteiger partial charge is 0.346 e. The number of hydrogen-bond donors (Lipinski definition) is 2. The molecule has 0 saturated heterocycles. The Bertz CT molecular complexity index is 1280. The van der Waals surface area contributed by atoms with Crippen LogP contribution >= 0.6 is 0 Å². The third kappa shape index (κ3) is 5.19. The van der Waals surface area contributed by atoms with Crippen LogP contribution in [-0.4, -0.2) is 14.3 Å². The Hall–Kier alpha value is -3.12. The second kappa shape index (κ2) is 9.17. The Morgan fingerprint density at radius 2 is 1.50 bits per heavy atom. The standard InChI is InChI=1S/C26H30N2O3S/c1-16-8-7-9-23(12-16)28-32(30,31)25-15-22(11-10-17(25)2)26(29)27-21(6)24-14-19(4)18(3)13-20(24)5/h7-15,21,28H,1-6H3,(H,27,29)/t21-/m0/s1. The molecule has 0 saturated carbocycles. The average Bonchev–Trinajstić information content (AvgIpc) is 2.70. The molecule has 0 spiro atoms. The van der Waals surface area contributed by atoms with Gasteiger partial charge in [0.05, 0.1) is 10.9 Å². The van der Waals surface area contributed by atoms with Gasteiger partial charge in [0.25, 0.3) is 15.9 Å². The van der Waals surface area contributed by atoms with Crippen molar-refractivity contribution in [3.63, 3.8) is 0 Å². The lowest BCUT2D eigenvalue weighted by molar-refractivity contribution is 0.0939. The van der Waals surface area contributed by atoms with Crippen LogP contribution in [0, 0.1) is 34.6 Å². The normalized spacial score (nSPS) is 12.3. The summed E-state index contributed by atoms with van der Waals surface area (Å²) >= 11 is 0. The minimum atomic E-state index is -3.84. The predicted octanol–water partition coefficient (Wildman–Crippen LogP) is 5.52. The SMILES string of the molecule is Cc1cccc(NS(=O)(=O)c2cc(C(=O)N[C@@H](C)c3cc(C)c(C)cc3C)ccc2C)c1. The number of benzene rings is 3. The van der Waals surface area contributed by atoms with E-state index < -0.39 is 10.0 Å². The van der Waals surface area contributed by atoms with Crippen molar-refractivity contribution >= 4 is 21.6 Å². The molecular formula is C26H30N2O3S. The molecule has 6 heteroatoms. The highest BCUT2D eigenvalue weighted by atomic mass is 32.2. The van der Waals surface area contributed by atoms with Gasteiger partial charge in [-0.1, -0.05) is 30.3 Å². The summed E-state index contributed by atoms with van der Waals surface area (Å²) in [6.45, 7) is 11.7. The molecule has 0 aliphatic carbocycles. The van der Waals surface area contributed by atoms with Crippen molar-refractivity contribution in [2.24, 2.45) is 0 Å². The van der Waals surface area contributed by atoms with Crippen molar-refractivity contribution < 1.29 is 13.2 Å². The van der Waals surface area contributed by atoms with Gasteiger partial charge in [-0.15, -0.1) is 0 Å². The number of rotatable bonds is 6. The molecule has 32 heavy (non-hydrogen) atoms. The number of anilines is 1. The smallest absolute Gasteiger partial charge is 0.262 e. The highest BCUT2D eigenvalue weighted by Crippen LogP contribution is 2.24. The fraction of sp³-hybridized carbons (Fsp3) is 0.269. The third-order valence-corrected chi connectivity index (χ3v) is 7.23. The maximum atomic E-state index is 13.0. The zero-order valence-electron chi connectivity index (χ0n) is 19.4. The number of nitrogens with one attached hydrogen (secondary N) is 2. The number of hydrogen-bond acceptors (Lipinski definition) is 3. The second-order valence-corrected chi connectivity index (χ2v) is 10.1. The van der Waals surface area contributed by atoms with Crippen LogP contribution in [0.3, 0.4) is 0 Å². The molecule has 0 fully saturated rings. The minimum Gasteiger partial charge on any atom is -0.346 e. The highest BCUT2D eigenvalue weighted by Gasteiger charge is 2.21. The van der Waals surface area contributed by atoms with E-state index in [-0.39, 0.29) is 16.8 Å². The number of sulfonamides is 1. The van der Waals surface area contributed by atoms with E-state index in [1.54, 1.807) is 37.3 Å². The van der Waals surface area contributed by atoms with Crippen LogP contribution in [0.2, 0.25) is 0 Å². The first-order valence-electron chi connectivity index (χ1n) is 10.6. The molecule has 0 aliphatic heterocycles. The van der Waals surface area contributed by atoms with Gasteiger partial charge in [-0.25, -0.2) is 8.42 Å². The van der Waals surface area contributed by atoms with Gasteiger partial charge in [0.2, 0.25) is 0 Å². The third-order valence-electron chi connectivity index (χ3n) is 5.71. The number of carbonyl (C=O) groups is 1. The Morgan fingerprint density at radius 3 is 2.19 bits per heavy atom. The quantitative estimate of drug-likeness (QED) is 0.519. The Kier molecular flexibility index (Phi) is 6.74. The average molecular weight is 451 g/mol. The molecule has 0 bridgehead atoms. The van der Waals surface area contributed by atoms with Gasteiger partial charge in [0.15, 0.2) is 0 Å². The maximum Gasteiger partial charge on any atom is 0.262 e. The maximum absolute atomic E-state index is 13.0. The van der Waals surface area contributed by atoms with Crippen LogP contribution in [-0.2, 0) is 10.0 Å². The van der Waals surface area contributed by atoms with E-state index in [0.29, 0.717) is 16.8 Å². The second-order valence-electron chi connectivity index (χ2n) is 8.44. The molecule has 1 atom stereocenters. The lowest BCUT2D eigenvalue weighted by Gasteiger charge is -2.19. The molecule has 0 radical (unpaired) electrons. The fourth-order valence-electron chi connectivity index (χ4n) is 3.76. The number of aryl methyl sites for hydroxylation is 5. The van der Waals surface area contributed by atoms with E-state index in [4.69, 9.17) is 0 Å². The van der Waals surface area contributed by atoms with Crippen molar-refractivity contribution in [3.8, 4) is 0 Å². The fourth-order valence-corrected chi connectivity index (χ4v) is 5.08. The van der Waals surface area contributed by atoms with Gasteiger partial charge in [0, 0.05) is 11.3 Å². The molecule has 3 aromatic carbocycles. The van der Waals surface area contributed by atoms with Gasteiger partial charge in [-0.3, -0.25) is 9.52 Å². The van der Waals surface area contributed by atoms with Crippen molar-refractivity contribution in [1.29, 1.82) is 0 Å². The van der Waals surface area contributed by atoms with Crippen molar-refractivity contribution in [3.05, 3.63) is 93.5 Å². The van der Waals surface area contributed by atoms with Crippen molar-refractivity contribution in [2.75, 3.05) is 4.72 Å². The van der Waals surface area contributed by atoms with E-state index >= 15 is 0 Å². The predicted molar refractivity (Wildman–Crippen MR) is 130 cm³/mol. The molecule has 1 amide bonds. The molecule has 0 heterocycles. The van der Waals surface area contributed by atoms with Gasteiger partial charge in [-0.2, -0.15) is 0 Å². The van der Waals surface area contributed by atoms with Gasteiger partial charge in [-0.05, 0) is 99.2 Å². The molecule has 3 rings (SSSR count). The van der Waals surface area contributed by atoms with E-state index in [1.807, 2.05) is 33.8 Å². The van der Waals surface area contributed by atoms with Crippen LogP contribution in [0.5, 0.6) is 0 Å². The summed E-state index contributed by atoms with van der Waals surface area (Å²) in [6.07, 6.45) is 0. The molecule has 2 N–H and O–H groups in total. The van der Waals surface area contributed by atoms with Crippen molar-refractivity contribution in [2.45, 2.75) is 52.5 Å². The lowest BCUT2D eigenvalue weighted by atomic mass is 9.96. The monoisotopic (exact) mass is 450 g/mol. The Morgan fingerprint density at radius 1 is 0.812 bits per heavy atom. The first-order valence-corrected chi connectivity index (χ1v) is 12.0. The first-order chi connectivity index (χ1) is 15.0. The summed E-state index contributed by atoms with van der Waals surface area (Å²) in [6, 6.07) is 15.9. The van der Waals surface area contributed by atoms with Gasteiger partial charge >= 0.3 is 0 Å². The van der Waals surface area contributed by atoms with Crippen LogP contribution in [0.25, 0.3) is 0 Å². The Labute approximate surface area is 190 Å². The van der Waals surface area contributed by atoms with Gasteiger partial charge < -0.3 is 5.32 Å². The van der Waals surface area contributed by atoms with E-state index in [9.17, 15) is 13.2 Å². The summed E-state index contributed by atoms with van der Waals surface area (Å²) in [5.74, 6) is -0.317. The summed E-state index contributed by atoms with van der Waals surface area (Å²) in [7, 11) is -3.84. The van der Waals surface area contributed by atoms with Gasteiger partial charge in [0.1, 0.15) is 0 Å². The molecule has 0 aliphatic rings. The van der Waals surface area contributed by atoms with Crippen LogP contribution < -0.4 is 10.0 Å². The molecule has 5 nitrogen and oxygen atoms in total. The van der Waals surface area contributed by atoms with Crippen LogP contribution in [0.4, 0.5) is 5.69 Å². The summed E-state index contributed by atoms with van der Waals surface area (Å²) in [5, 5.41) is 3.00. The summed E-state index contributed by atoms with van der Waals surface area (Å²) < 4.78 is 28.7. The number of amides is 1. The zero-order valence-corrected chi connectivity index (χ0v) is 20.2. The number of carbonyl (C=O) groups excluding carboxylic acids is 1. The minimum absolute atomic E-state index is 0.0849. The van der Waals surface area contributed by atoms with Crippen LogP contribution in [0.1, 0.15) is 56.7 Å². The van der Waals surface area contributed by atoms with E-state index in [1.165, 1.54) is 11.6 Å². The zero-order chi connectivity index (χ0) is 23.6. The molecule has 3 aromatic rings. The molecular weight excluding hydrogens is 420 g/mol. The Balaban J connectivity index is 1.86. The van der Waals surface area contributed by atoms with Crippen LogP contribution in [0.15, 0.2) is 59.5 Å². The molecule has 0 unspecified atom stereocenters. The molecule has 0 aromatic heterocycles. The van der Waals surface area contributed by atoms with Crippen molar-refractivity contribution in [1.82, 2.24) is 5.32 Å². The highest BCUT2D eigenvalue weighted by molar-refractivity contribution is 7.92. The molecule has 168 valence electrons.